The molecule has 2 atom stereocenters. The summed E-state index contributed by atoms with van der Waals surface area (Å²) in [5, 5.41) is 6.82. The zero-order valence-corrected chi connectivity index (χ0v) is 14.5. The van der Waals surface area contributed by atoms with Crippen LogP contribution in [0, 0.1) is 6.92 Å². The molecule has 1 amide bonds. The van der Waals surface area contributed by atoms with E-state index in [0.29, 0.717) is 24.5 Å². The Labute approximate surface area is 144 Å². The number of hydrogen-bond donors (Lipinski definition) is 1. The molecule has 2 heterocycles. The van der Waals surface area contributed by atoms with E-state index in [4.69, 9.17) is 16.3 Å². The summed E-state index contributed by atoms with van der Waals surface area (Å²) in [4.78, 5) is 16.6. The number of thiazole rings is 1. The Morgan fingerprint density at radius 1 is 1.43 bits per heavy atom. The highest BCUT2D eigenvalue weighted by Crippen LogP contribution is 2.30. The predicted octanol–water partition coefficient (Wildman–Crippen LogP) is 3.68. The molecule has 0 saturated carbocycles. The molecule has 1 N–H and O–H groups in total. The lowest BCUT2D eigenvalue weighted by atomic mass is 10.0. The van der Waals surface area contributed by atoms with E-state index in [1.807, 2.05) is 36.6 Å². The molecule has 0 unspecified atom stereocenters. The average Bonchev–Trinajstić information content (AvgIpc) is 3.15. The maximum absolute atomic E-state index is 12.2. The number of hydrogen-bond acceptors (Lipinski definition) is 4. The Bertz CT molecular complexity index is 671. The smallest absolute Gasteiger partial charge is 0.220 e. The molecule has 23 heavy (non-hydrogen) atoms. The van der Waals surface area contributed by atoms with Crippen LogP contribution < -0.4 is 5.32 Å². The van der Waals surface area contributed by atoms with Gasteiger partial charge in [-0.05, 0) is 31.0 Å². The molecule has 3 rings (SSSR count). The number of benzene rings is 1. The van der Waals surface area contributed by atoms with Gasteiger partial charge in [-0.15, -0.1) is 11.3 Å². The van der Waals surface area contributed by atoms with Crippen LogP contribution in [0.4, 0.5) is 0 Å². The minimum atomic E-state index is -0.0988. The number of nitrogens with one attached hydrogen (secondary N) is 1. The number of carbonyl (C=O) groups is 1. The number of nitrogens with zero attached hydrogens (tertiary/aromatic N) is 1. The van der Waals surface area contributed by atoms with Crippen LogP contribution in [0.15, 0.2) is 29.6 Å². The highest BCUT2D eigenvalue weighted by Gasteiger charge is 2.30. The lowest BCUT2D eigenvalue weighted by molar-refractivity contribution is -0.122. The van der Waals surface area contributed by atoms with Crippen molar-refractivity contribution in [3.05, 3.63) is 50.9 Å². The van der Waals surface area contributed by atoms with Gasteiger partial charge in [-0.1, -0.05) is 23.7 Å². The predicted molar refractivity (Wildman–Crippen MR) is 91.9 cm³/mol. The molecule has 1 aromatic carbocycles. The summed E-state index contributed by atoms with van der Waals surface area (Å²) < 4.78 is 5.79. The fourth-order valence-corrected chi connectivity index (χ4v) is 3.64. The van der Waals surface area contributed by atoms with Gasteiger partial charge in [0, 0.05) is 35.5 Å². The fraction of sp³-hybridized carbons (Fsp3) is 0.412. The van der Waals surface area contributed by atoms with E-state index in [1.54, 1.807) is 11.3 Å². The third kappa shape index (κ3) is 4.31. The molecule has 0 spiro atoms. The Morgan fingerprint density at radius 3 is 2.91 bits per heavy atom. The van der Waals surface area contributed by atoms with Gasteiger partial charge in [0.1, 0.15) is 6.10 Å². The second-order valence-corrected chi connectivity index (χ2v) is 7.07. The van der Waals surface area contributed by atoms with Crippen LogP contribution in [-0.2, 0) is 16.0 Å². The minimum absolute atomic E-state index is 0.0155. The number of rotatable bonds is 5. The molecule has 6 heteroatoms. The van der Waals surface area contributed by atoms with Crippen molar-refractivity contribution in [3.8, 4) is 0 Å². The van der Waals surface area contributed by atoms with Crippen molar-refractivity contribution in [1.29, 1.82) is 0 Å². The summed E-state index contributed by atoms with van der Waals surface area (Å²) in [6.45, 7) is 2.62. The van der Waals surface area contributed by atoms with Crippen LogP contribution >= 0.6 is 22.9 Å². The Kier molecular flexibility index (Phi) is 5.30. The fourth-order valence-electron chi connectivity index (χ4n) is 2.74. The van der Waals surface area contributed by atoms with Gasteiger partial charge in [-0.2, -0.15) is 0 Å². The van der Waals surface area contributed by atoms with Gasteiger partial charge >= 0.3 is 0 Å². The SMILES string of the molecule is Cc1csc(CCC(=O)N[C@H]2CCO[C@H]2c2ccc(Cl)cc2)n1. The molecular weight excluding hydrogens is 332 g/mol. The van der Waals surface area contributed by atoms with Gasteiger partial charge in [-0.3, -0.25) is 4.79 Å². The number of amides is 1. The molecular formula is C17H19ClN2O2S. The van der Waals surface area contributed by atoms with Crippen molar-refractivity contribution in [2.45, 2.75) is 38.3 Å². The van der Waals surface area contributed by atoms with Gasteiger partial charge in [0.25, 0.3) is 0 Å². The zero-order chi connectivity index (χ0) is 16.2. The summed E-state index contributed by atoms with van der Waals surface area (Å²) in [6, 6.07) is 7.62. The first-order chi connectivity index (χ1) is 11.1. The molecule has 122 valence electrons. The molecule has 0 aliphatic carbocycles. The van der Waals surface area contributed by atoms with Crippen LogP contribution in [0.1, 0.15) is 35.2 Å². The van der Waals surface area contributed by atoms with Crippen LogP contribution in [0.2, 0.25) is 5.02 Å². The molecule has 0 radical (unpaired) electrons. The highest BCUT2D eigenvalue weighted by atomic mass is 35.5. The van der Waals surface area contributed by atoms with Crippen LogP contribution in [0.5, 0.6) is 0 Å². The van der Waals surface area contributed by atoms with Crippen molar-refractivity contribution < 1.29 is 9.53 Å². The number of aromatic nitrogens is 1. The van der Waals surface area contributed by atoms with E-state index in [2.05, 4.69) is 10.3 Å². The Balaban J connectivity index is 1.55. The van der Waals surface area contributed by atoms with Gasteiger partial charge in [0.15, 0.2) is 0 Å². The van der Waals surface area contributed by atoms with E-state index in [1.165, 1.54) is 0 Å². The van der Waals surface area contributed by atoms with E-state index in [0.717, 1.165) is 22.7 Å². The molecule has 1 aliphatic heterocycles. The van der Waals surface area contributed by atoms with E-state index in [9.17, 15) is 4.79 Å². The minimum Gasteiger partial charge on any atom is -0.371 e. The van der Waals surface area contributed by atoms with Crippen molar-refractivity contribution in [2.75, 3.05) is 6.61 Å². The lowest BCUT2D eigenvalue weighted by Crippen LogP contribution is -2.36. The second-order valence-electron chi connectivity index (χ2n) is 5.69. The quantitative estimate of drug-likeness (QED) is 0.894. The first-order valence-corrected chi connectivity index (χ1v) is 8.95. The summed E-state index contributed by atoms with van der Waals surface area (Å²) in [5.74, 6) is 0.0484. The molecule has 1 fully saturated rings. The summed E-state index contributed by atoms with van der Waals surface area (Å²) in [6.07, 6.45) is 1.87. The van der Waals surface area contributed by atoms with Crippen LogP contribution in [0.25, 0.3) is 0 Å². The van der Waals surface area contributed by atoms with E-state index < -0.39 is 0 Å². The second kappa shape index (κ2) is 7.43. The van der Waals surface area contributed by atoms with E-state index >= 15 is 0 Å². The third-order valence-electron chi connectivity index (χ3n) is 3.87. The maximum atomic E-state index is 12.2. The van der Waals surface area contributed by atoms with E-state index in [-0.39, 0.29) is 18.1 Å². The number of carbonyl (C=O) groups excluding carboxylic acids is 1. The Morgan fingerprint density at radius 2 is 2.22 bits per heavy atom. The third-order valence-corrected chi connectivity index (χ3v) is 5.15. The summed E-state index contributed by atoms with van der Waals surface area (Å²) in [7, 11) is 0. The first-order valence-electron chi connectivity index (χ1n) is 7.69. The van der Waals surface area contributed by atoms with Crippen molar-refractivity contribution in [3.63, 3.8) is 0 Å². The largest absolute Gasteiger partial charge is 0.371 e. The number of ether oxygens (including phenoxy) is 1. The van der Waals surface area contributed by atoms with Gasteiger partial charge in [-0.25, -0.2) is 4.98 Å². The maximum Gasteiger partial charge on any atom is 0.220 e. The van der Waals surface area contributed by atoms with Gasteiger partial charge in [0.2, 0.25) is 5.91 Å². The lowest BCUT2D eigenvalue weighted by Gasteiger charge is -2.20. The van der Waals surface area contributed by atoms with Gasteiger partial charge < -0.3 is 10.1 Å². The van der Waals surface area contributed by atoms with Crippen molar-refractivity contribution >= 4 is 28.8 Å². The highest BCUT2D eigenvalue weighted by molar-refractivity contribution is 7.09. The topological polar surface area (TPSA) is 51.2 Å². The Hall–Kier alpha value is -1.43. The van der Waals surface area contributed by atoms with Crippen molar-refractivity contribution in [2.24, 2.45) is 0 Å². The molecule has 4 nitrogen and oxygen atoms in total. The molecule has 1 aliphatic rings. The van der Waals surface area contributed by atoms with Gasteiger partial charge in [0.05, 0.1) is 11.0 Å². The summed E-state index contributed by atoms with van der Waals surface area (Å²) >= 11 is 7.53. The van der Waals surface area contributed by atoms with Crippen LogP contribution in [-0.4, -0.2) is 23.5 Å². The number of halogens is 1. The molecule has 1 aromatic heterocycles. The number of aryl methyl sites for hydroxylation is 2. The van der Waals surface area contributed by atoms with Crippen LogP contribution in [0.3, 0.4) is 0 Å². The molecule has 2 aromatic rings. The normalized spacial score (nSPS) is 20.6. The summed E-state index contributed by atoms with van der Waals surface area (Å²) in [5.41, 5.74) is 2.06. The molecule has 1 saturated heterocycles. The zero-order valence-electron chi connectivity index (χ0n) is 12.9. The van der Waals surface area contributed by atoms with Crippen molar-refractivity contribution in [1.82, 2.24) is 10.3 Å². The standard InChI is InChI=1S/C17H19ClN2O2S/c1-11-10-23-16(19-11)7-6-15(21)20-14-8-9-22-17(14)12-2-4-13(18)5-3-12/h2-5,10,14,17H,6-9H2,1H3,(H,20,21)/t14-,17-/m0/s1. The monoisotopic (exact) mass is 350 g/mol. The first kappa shape index (κ1) is 16.4. The molecule has 0 bridgehead atoms. The average molecular weight is 351 g/mol.